The van der Waals surface area contributed by atoms with Crippen molar-refractivity contribution in [2.75, 3.05) is 17.7 Å². The number of amidine groups is 1. The molecule has 1 heterocycles. The highest BCUT2D eigenvalue weighted by atomic mass is 32.2. The van der Waals surface area contributed by atoms with E-state index in [9.17, 15) is 13.2 Å². The maximum absolute atomic E-state index is 12.3. The van der Waals surface area contributed by atoms with Crippen molar-refractivity contribution in [1.29, 1.82) is 0 Å². The van der Waals surface area contributed by atoms with Crippen LogP contribution in [0.25, 0.3) is 0 Å². The van der Waals surface area contributed by atoms with Crippen LogP contribution in [0.2, 0.25) is 0 Å². The summed E-state index contributed by atoms with van der Waals surface area (Å²) in [5.41, 5.74) is 1.89. The van der Waals surface area contributed by atoms with E-state index in [-0.39, 0.29) is 17.2 Å². The summed E-state index contributed by atoms with van der Waals surface area (Å²) in [6, 6.07) is 11.8. The van der Waals surface area contributed by atoms with Crippen LogP contribution in [-0.2, 0) is 14.8 Å². The van der Waals surface area contributed by atoms with Gasteiger partial charge in [0, 0.05) is 0 Å². The first kappa shape index (κ1) is 17.0. The fourth-order valence-electron chi connectivity index (χ4n) is 2.51. The molecular formula is C17H17N3O4S. The molecule has 8 heteroatoms. The summed E-state index contributed by atoms with van der Waals surface area (Å²) in [6.45, 7) is 1.89. The zero-order chi connectivity index (χ0) is 18.0. The Hall–Kier alpha value is -2.87. The second-order valence-electron chi connectivity index (χ2n) is 5.56. The van der Waals surface area contributed by atoms with Crippen molar-refractivity contribution in [3.63, 3.8) is 0 Å². The van der Waals surface area contributed by atoms with Crippen LogP contribution in [0.5, 0.6) is 5.75 Å². The van der Waals surface area contributed by atoms with Gasteiger partial charge in [-0.05, 0) is 36.8 Å². The van der Waals surface area contributed by atoms with Crippen LogP contribution >= 0.6 is 0 Å². The standard InChI is InChI=1S/C17H17N3O4S/c1-11-7-8-14(24-2)13(9-11)19-17(21)10-16-18-12-5-3-4-6-15(12)25(22,23)20-16/h3-9H,10H2,1-2H3,(H,18,20)(H,19,21). The Morgan fingerprint density at radius 3 is 2.76 bits per heavy atom. The van der Waals surface area contributed by atoms with Crippen LogP contribution < -0.4 is 15.4 Å². The molecule has 1 aliphatic heterocycles. The lowest BCUT2D eigenvalue weighted by molar-refractivity contribution is -0.115. The molecule has 0 unspecified atom stereocenters. The molecule has 2 aromatic carbocycles. The number of anilines is 2. The summed E-state index contributed by atoms with van der Waals surface area (Å²) in [6.07, 6.45) is -0.204. The SMILES string of the molecule is COc1ccc(C)cc1NC(=O)CC1=NS(=O)(=O)c2ccccc2N1. The number of hydrogen-bond acceptors (Lipinski definition) is 5. The highest BCUT2D eigenvalue weighted by Crippen LogP contribution is 2.28. The van der Waals surface area contributed by atoms with Crippen molar-refractivity contribution in [2.45, 2.75) is 18.2 Å². The van der Waals surface area contributed by atoms with Crippen LogP contribution in [0.4, 0.5) is 11.4 Å². The van der Waals surface area contributed by atoms with E-state index in [1.54, 1.807) is 30.3 Å². The largest absolute Gasteiger partial charge is 0.495 e. The molecule has 0 saturated carbocycles. The highest BCUT2D eigenvalue weighted by molar-refractivity contribution is 7.90. The van der Waals surface area contributed by atoms with Gasteiger partial charge in [-0.2, -0.15) is 8.42 Å². The van der Waals surface area contributed by atoms with Gasteiger partial charge in [0.15, 0.2) is 0 Å². The molecule has 0 aliphatic carbocycles. The number of carbonyl (C=O) groups is 1. The van der Waals surface area contributed by atoms with Crippen LogP contribution in [0, 0.1) is 6.92 Å². The number of para-hydroxylation sites is 1. The maximum atomic E-state index is 12.3. The molecule has 130 valence electrons. The van der Waals surface area contributed by atoms with Gasteiger partial charge in [0.1, 0.15) is 16.5 Å². The van der Waals surface area contributed by atoms with Gasteiger partial charge in [-0.25, -0.2) is 0 Å². The van der Waals surface area contributed by atoms with E-state index < -0.39 is 15.9 Å². The maximum Gasteiger partial charge on any atom is 0.286 e. The van der Waals surface area contributed by atoms with Crippen LogP contribution in [0.3, 0.4) is 0 Å². The molecule has 0 saturated heterocycles. The van der Waals surface area contributed by atoms with Gasteiger partial charge in [-0.15, -0.1) is 4.40 Å². The first-order valence-electron chi connectivity index (χ1n) is 7.53. The number of nitrogens with one attached hydrogen (secondary N) is 2. The summed E-state index contributed by atoms with van der Waals surface area (Å²) in [7, 11) is -2.30. The average Bonchev–Trinajstić information content (AvgIpc) is 2.54. The first-order chi connectivity index (χ1) is 11.9. The van der Waals surface area contributed by atoms with Crippen LogP contribution in [-0.4, -0.2) is 27.3 Å². The van der Waals surface area contributed by atoms with E-state index in [0.717, 1.165) is 5.56 Å². The van der Waals surface area contributed by atoms with E-state index in [1.165, 1.54) is 13.2 Å². The van der Waals surface area contributed by atoms with E-state index in [4.69, 9.17) is 4.74 Å². The molecule has 2 aromatic rings. The summed E-state index contributed by atoms with van der Waals surface area (Å²) in [5, 5.41) is 5.61. The molecule has 0 atom stereocenters. The zero-order valence-corrected chi connectivity index (χ0v) is 14.6. The normalized spacial score (nSPS) is 14.7. The summed E-state index contributed by atoms with van der Waals surface area (Å²) in [4.78, 5) is 12.4. The van der Waals surface area contributed by atoms with Crippen molar-refractivity contribution in [1.82, 2.24) is 0 Å². The zero-order valence-electron chi connectivity index (χ0n) is 13.7. The molecule has 3 rings (SSSR count). The Morgan fingerprint density at radius 1 is 1.24 bits per heavy atom. The number of hydrogen-bond donors (Lipinski definition) is 2. The van der Waals surface area contributed by atoms with E-state index in [0.29, 0.717) is 17.1 Å². The van der Waals surface area contributed by atoms with Crippen molar-refractivity contribution in [3.05, 3.63) is 48.0 Å². The Morgan fingerprint density at radius 2 is 2.00 bits per heavy atom. The van der Waals surface area contributed by atoms with Gasteiger partial charge in [-0.1, -0.05) is 18.2 Å². The monoisotopic (exact) mass is 359 g/mol. The molecule has 0 spiro atoms. The fraction of sp³-hybridized carbons (Fsp3) is 0.176. The fourth-order valence-corrected chi connectivity index (χ4v) is 3.66. The number of carbonyl (C=O) groups excluding carboxylic acids is 1. The molecule has 2 N–H and O–H groups in total. The Balaban J connectivity index is 1.79. The molecule has 0 fully saturated rings. The quantitative estimate of drug-likeness (QED) is 0.874. The number of sulfonamides is 1. The number of benzene rings is 2. The van der Waals surface area contributed by atoms with Gasteiger partial charge in [0.05, 0.1) is 24.9 Å². The lowest BCUT2D eigenvalue weighted by Gasteiger charge is -2.18. The van der Waals surface area contributed by atoms with Gasteiger partial charge >= 0.3 is 0 Å². The Bertz CT molecular complexity index is 968. The topological polar surface area (TPSA) is 96.9 Å². The van der Waals surface area contributed by atoms with Gasteiger partial charge in [0.25, 0.3) is 10.0 Å². The molecular weight excluding hydrogens is 342 g/mol. The van der Waals surface area contributed by atoms with Crippen molar-refractivity contribution < 1.29 is 17.9 Å². The summed E-state index contributed by atoms with van der Waals surface area (Å²) < 4.78 is 33.3. The predicted octanol–water partition coefficient (Wildman–Crippen LogP) is 2.55. The second kappa shape index (κ2) is 6.56. The molecule has 25 heavy (non-hydrogen) atoms. The number of rotatable bonds is 4. The summed E-state index contributed by atoms with van der Waals surface area (Å²) in [5.74, 6) is 0.197. The third kappa shape index (κ3) is 3.63. The minimum absolute atomic E-state index is 0.0721. The molecule has 1 aliphatic rings. The lowest BCUT2D eigenvalue weighted by atomic mass is 10.2. The number of aryl methyl sites for hydroxylation is 1. The molecule has 0 bridgehead atoms. The highest BCUT2D eigenvalue weighted by Gasteiger charge is 2.25. The second-order valence-corrected chi connectivity index (χ2v) is 7.14. The number of methoxy groups -OCH3 is 1. The number of amides is 1. The molecule has 0 radical (unpaired) electrons. The molecule has 7 nitrogen and oxygen atoms in total. The average molecular weight is 359 g/mol. The molecule has 0 aromatic heterocycles. The lowest BCUT2D eigenvalue weighted by Crippen LogP contribution is -2.26. The Labute approximate surface area is 145 Å². The third-order valence-electron chi connectivity index (χ3n) is 3.63. The number of fused-ring (bicyclic) bond motifs is 1. The van der Waals surface area contributed by atoms with Crippen molar-refractivity contribution >= 4 is 33.1 Å². The van der Waals surface area contributed by atoms with Gasteiger partial charge < -0.3 is 15.4 Å². The minimum atomic E-state index is -3.81. The van der Waals surface area contributed by atoms with E-state index >= 15 is 0 Å². The van der Waals surface area contributed by atoms with Gasteiger partial charge in [-0.3, -0.25) is 4.79 Å². The smallest absolute Gasteiger partial charge is 0.286 e. The number of nitrogens with zero attached hydrogens (tertiary/aromatic N) is 1. The number of ether oxygens (including phenoxy) is 1. The van der Waals surface area contributed by atoms with Crippen LogP contribution in [0.15, 0.2) is 51.8 Å². The van der Waals surface area contributed by atoms with E-state index in [2.05, 4.69) is 15.0 Å². The minimum Gasteiger partial charge on any atom is -0.495 e. The third-order valence-corrected chi connectivity index (χ3v) is 5.00. The van der Waals surface area contributed by atoms with Crippen molar-refractivity contribution in [2.24, 2.45) is 4.40 Å². The summed E-state index contributed by atoms with van der Waals surface area (Å²) >= 11 is 0. The first-order valence-corrected chi connectivity index (χ1v) is 8.97. The molecule has 1 amide bonds. The van der Waals surface area contributed by atoms with Gasteiger partial charge in [0.2, 0.25) is 5.91 Å². The predicted molar refractivity (Wildman–Crippen MR) is 95.7 cm³/mol. The van der Waals surface area contributed by atoms with Crippen LogP contribution in [0.1, 0.15) is 12.0 Å². The Kier molecular flexibility index (Phi) is 4.45. The van der Waals surface area contributed by atoms with E-state index in [1.807, 2.05) is 13.0 Å². The van der Waals surface area contributed by atoms with Crippen molar-refractivity contribution in [3.8, 4) is 5.75 Å².